The van der Waals surface area contributed by atoms with E-state index >= 15 is 0 Å². The molecule has 3 nitrogen and oxygen atoms in total. The maximum Gasteiger partial charge on any atom is 0.164 e. The summed E-state index contributed by atoms with van der Waals surface area (Å²) >= 11 is 0. The molecular weight excluding hydrogens is 236 g/mol. The van der Waals surface area contributed by atoms with Gasteiger partial charge in [0.25, 0.3) is 0 Å². The van der Waals surface area contributed by atoms with Gasteiger partial charge >= 0.3 is 0 Å². The molecule has 0 spiro atoms. The maximum atomic E-state index is 11.9. The second kappa shape index (κ2) is 6.14. The molecule has 0 amide bonds. The number of pyridine rings is 1. The van der Waals surface area contributed by atoms with Crippen LogP contribution in [0.5, 0.6) is 0 Å². The smallest absolute Gasteiger partial charge is 0.164 e. The van der Waals surface area contributed by atoms with Crippen molar-refractivity contribution >= 4 is 11.5 Å². The molecule has 0 aliphatic rings. The van der Waals surface area contributed by atoms with E-state index in [2.05, 4.69) is 9.88 Å². The first-order chi connectivity index (χ1) is 9.22. The van der Waals surface area contributed by atoms with Crippen molar-refractivity contribution in [2.75, 3.05) is 11.9 Å². The van der Waals surface area contributed by atoms with E-state index < -0.39 is 0 Å². The van der Waals surface area contributed by atoms with Crippen molar-refractivity contribution in [3.63, 3.8) is 0 Å². The molecule has 0 aliphatic carbocycles. The fraction of sp³-hybridized carbons (Fsp3) is 0.250. The first kappa shape index (κ1) is 13.3. The van der Waals surface area contributed by atoms with Crippen molar-refractivity contribution in [2.24, 2.45) is 0 Å². The van der Waals surface area contributed by atoms with Gasteiger partial charge in [0.15, 0.2) is 5.78 Å². The van der Waals surface area contributed by atoms with Crippen LogP contribution in [-0.2, 0) is 6.54 Å². The van der Waals surface area contributed by atoms with Gasteiger partial charge in [-0.05, 0) is 24.3 Å². The van der Waals surface area contributed by atoms with Crippen molar-refractivity contribution in [3.05, 3.63) is 59.9 Å². The van der Waals surface area contributed by atoms with Gasteiger partial charge in [-0.3, -0.25) is 9.78 Å². The van der Waals surface area contributed by atoms with E-state index in [0.717, 1.165) is 16.9 Å². The fourth-order valence-corrected chi connectivity index (χ4v) is 2.05. The average molecular weight is 254 g/mol. The predicted molar refractivity (Wildman–Crippen MR) is 77.4 cm³/mol. The zero-order valence-corrected chi connectivity index (χ0v) is 11.3. The van der Waals surface area contributed by atoms with Crippen LogP contribution < -0.4 is 4.90 Å². The Bertz CT molecular complexity index is 552. The predicted octanol–water partition coefficient (Wildman–Crippen LogP) is 3.31. The van der Waals surface area contributed by atoms with Gasteiger partial charge in [0.1, 0.15) is 0 Å². The third-order valence-electron chi connectivity index (χ3n) is 3.06. The summed E-state index contributed by atoms with van der Waals surface area (Å²) in [6.45, 7) is 2.58. The number of carbonyl (C=O) groups is 1. The van der Waals surface area contributed by atoms with Crippen LogP contribution in [0.25, 0.3) is 0 Å². The molecule has 0 bridgehead atoms. The van der Waals surface area contributed by atoms with Crippen LogP contribution in [0.3, 0.4) is 0 Å². The molecule has 19 heavy (non-hydrogen) atoms. The number of nitrogens with zero attached hydrogens (tertiary/aromatic N) is 2. The summed E-state index contributed by atoms with van der Waals surface area (Å²) in [6, 6.07) is 13.6. The highest BCUT2D eigenvalue weighted by atomic mass is 16.1. The Morgan fingerprint density at radius 3 is 2.58 bits per heavy atom. The molecule has 2 rings (SSSR count). The molecule has 0 atom stereocenters. The third-order valence-corrected chi connectivity index (χ3v) is 3.06. The Balaban J connectivity index is 2.24. The van der Waals surface area contributed by atoms with Crippen LogP contribution in [0.15, 0.2) is 48.7 Å². The molecule has 1 aromatic heterocycles. The van der Waals surface area contributed by atoms with Gasteiger partial charge in [0.2, 0.25) is 0 Å². The largest absolute Gasteiger partial charge is 0.368 e. The number of rotatable bonds is 5. The molecule has 0 N–H and O–H groups in total. The maximum absolute atomic E-state index is 11.9. The normalized spacial score (nSPS) is 10.2. The zero-order chi connectivity index (χ0) is 13.7. The molecule has 0 radical (unpaired) electrons. The summed E-state index contributed by atoms with van der Waals surface area (Å²) in [5, 5.41) is 0. The van der Waals surface area contributed by atoms with Crippen LogP contribution >= 0.6 is 0 Å². The highest BCUT2D eigenvalue weighted by Gasteiger charge is 2.12. The molecule has 0 aliphatic heterocycles. The molecule has 0 saturated carbocycles. The van der Waals surface area contributed by atoms with Gasteiger partial charge in [-0.15, -0.1) is 0 Å². The van der Waals surface area contributed by atoms with Gasteiger partial charge in [-0.2, -0.15) is 0 Å². The van der Waals surface area contributed by atoms with E-state index in [4.69, 9.17) is 0 Å². The number of benzene rings is 1. The summed E-state index contributed by atoms with van der Waals surface area (Å²) in [6.07, 6.45) is 2.31. The lowest BCUT2D eigenvalue weighted by Crippen LogP contribution is -2.19. The van der Waals surface area contributed by atoms with Crippen molar-refractivity contribution < 1.29 is 4.79 Å². The Morgan fingerprint density at radius 1 is 1.16 bits per heavy atom. The van der Waals surface area contributed by atoms with Crippen molar-refractivity contribution in [2.45, 2.75) is 19.9 Å². The second-order valence-electron chi connectivity index (χ2n) is 4.47. The lowest BCUT2D eigenvalue weighted by atomic mass is 10.1. The van der Waals surface area contributed by atoms with Crippen LogP contribution in [-0.4, -0.2) is 17.8 Å². The lowest BCUT2D eigenvalue weighted by molar-refractivity contribution is 0.0988. The molecule has 3 heteroatoms. The Kier molecular flexibility index (Phi) is 4.29. The molecule has 0 unspecified atom stereocenters. The minimum atomic E-state index is 0.170. The van der Waals surface area contributed by atoms with E-state index in [1.165, 1.54) is 0 Å². The topological polar surface area (TPSA) is 33.2 Å². The molecule has 98 valence electrons. The number of hydrogen-bond acceptors (Lipinski definition) is 3. The Hall–Kier alpha value is -2.16. The fourth-order valence-electron chi connectivity index (χ4n) is 2.05. The van der Waals surface area contributed by atoms with Gasteiger partial charge in [-0.1, -0.05) is 25.1 Å². The average Bonchev–Trinajstić information content (AvgIpc) is 2.47. The van der Waals surface area contributed by atoms with E-state index in [1.54, 1.807) is 6.20 Å². The monoisotopic (exact) mass is 254 g/mol. The van der Waals surface area contributed by atoms with E-state index in [1.807, 2.05) is 56.4 Å². The quantitative estimate of drug-likeness (QED) is 0.767. The molecule has 1 aromatic carbocycles. The van der Waals surface area contributed by atoms with Gasteiger partial charge in [-0.25, -0.2) is 0 Å². The molecule has 1 heterocycles. The van der Waals surface area contributed by atoms with Crippen LogP contribution in [0, 0.1) is 0 Å². The SMILES string of the molecule is CCC(=O)c1ccccc1N(C)Cc1ccccn1. The number of anilines is 1. The van der Waals surface area contributed by atoms with Crippen LogP contribution in [0.2, 0.25) is 0 Å². The number of hydrogen-bond donors (Lipinski definition) is 0. The summed E-state index contributed by atoms with van der Waals surface area (Å²) in [4.78, 5) is 18.3. The molecule has 0 fully saturated rings. The summed E-state index contributed by atoms with van der Waals surface area (Å²) in [5.74, 6) is 0.170. The highest BCUT2D eigenvalue weighted by Crippen LogP contribution is 2.21. The lowest BCUT2D eigenvalue weighted by Gasteiger charge is -2.21. The van der Waals surface area contributed by atoms with Gasteiger partial charge in [0.05, 0.1) is 12.2 Å². The third kappa shape index (κ3) is 3.19. The number of Topliss-reactive ketones (excluding diaryl/α,β-unsaturated/α-hetero) is 1. The van der Waals surface area contributed by atoms with Crippen molar-refractivity contribution in [3.8, 4) is 0 Å². The van der Waals surface area contributed by atoms with Crippen LogP contribution in [0.4, 0.5) is 5.69 Å². The summed E-state index contributed by atoms with van der Waals surface area (Å²) in [5.41, 5.74) is 2.73. The Morgan fingerprint density at radius 2 is 1.89 bits per heavy atom. The summed E-state index contributed by atoms with van der Waals surface area (Å²) in [7, 11) is 1.98. The minimum absolute atomic E-state index is 0.170. The standard InChI is InChI=1S/C16H18N2O/c1-3-16(19)14-9-4-5-10-15(14)18(2)12-13-8-6-7-11-17-13/h4-11H,3,12H2,1-2H3. The number of para-hydroxylation sites is 1. The van der Waals surface area contributed by atoms with E-state index in [9.17, 15) is 4.79 Å². The van der Waals surface area contributed by atoms with Crippen LogP contribution in [0.1, 0.15) is 29.4 Å². The minimum Gasteiger partial charge on any atom is -0.368 e. The highest BCUT2D eigenvalue weighted by molar-refractivity contribution is 6.01. The molecule has 2 aromatic rings. The molecular formula is C16H18N2O. The van der Waals surface area contributed by atoms with Gasteiger partial charge < -0.3 is 4.90 Å². The van der Waals surface area contributed by atoms with E-state index in [-0.39, 0.29) is 5.78 Å². The second-order valence-corrected chi connectivity index (χ2v) is 4.47. The van der Waals surface area contributed by atoms with Gasteiger partial charge in [0, 0.05) is 30.9 Å². The number of aromatic nitrogens is 1. The van der Waals surface area contributed by atoms with Crippen molar-refractivity contribution in [1.29, 1.82) is 0 Å². The summed E-state index contributed by atoms with van der Waals surface area (Å²) < 4.78 is 0. The Labute approximate surface area is 113 Å². The zero-order valence-electron chi connectivity index (χ0n) is 11.3. The first-order valence-electron chi connectivity index (χ1n) is 6.45. The molecule has 0 saturated heterocycles. The number of ketones is 1. The number of carbonyl (C=O) groups excluding carboxylic acids is 1. The van der Waals surface area contributed by atoms with Crippen molar-refractivity contribution in [1.82, 2.24) is 4.98 Å². The van der Waals surface area contributed by atoms with E-state index in [0.29, 0.717) is 13.0 Å². The first-order valence-corrected chi connectivity index (χ1v) is 6.45.